The molecule has 0 aliphatic heterocycles. The first-order chi connectivity index (χ1) is 14.7. The highest BCUT2D eigenvalue weighted by Gasteiger charge is 2.27. The standard InChI is InChI=1S/C24H30Cl2N2O3/c1-5-13-27-24(30)17(4)28(14-20-21(25)7-6-8-22(20)26)23(29)15-31-19-11-9-18(10-12-19)16(2)3/h6-12,16-17H,5,13-15H2,1-4H3,(H,27,30)/t17-/m0/s1. The second kappa shape index (κ2) is 12.0. The van der Waals surface area contributed by atoms with Crippen LogP contribution in [-0.2, 0) is 16.1 Å². The molecule has 0 fully saturated rings. The van der Waals surface area contributed by atoms with Crippen LogP contribution in [0.1, 0.15) is 51.2 Å². The van der Waals surface area contributed by atoms with Crippen molar-refractivity contribution in [2.24, 2.45) is 0 Å². The van der Waals surface area contributed by atoms with Crippen molar-refractivity contribution in [3.05, 3.63) is 63.6 Å². The highest BCUT2D eigenvalue weighted by atomic mass is 35.5. The number of ether oxygens (including phenoxy) is 1. The first-order valence-electron chi connectivity index (χ1n) is 10.5. The Hall–Kier alpha value is -2.24. The molecular weight excluding hydrogens is 435 g/mol. The topological polar surface area (TPSA) is 58.6 Å². The molecule has 5 nitrogen and oxygen atoms in total. The largest absolute Gasteiger partial charge is 0.484 e. The van der Waals surface area contributed by atoms with Crippen molar-refractivity contribution in [2.75, 3.05) is 13.2 Å². The lowest BCUT2D eigenvalue weighted by molar-refractivity contribution is -0.142. The Kier molecular flexibility index (Phi) is 9.66. The molecule has 0 aliphatic rings. The second-order valence-electron chi connectivity index (χ2n) is 7.70. The third-order valence-electron chi connectivity index (χ3n) is 5.02. The second-order valence-corrected chi connectivity index (χ2v) is 8.52. The summed E-state index contributed by atoms with van der Waals surface area (Å²) in [6.07, 6.45) is 0.804. The third kappa shape index (κ3) is 7.15. The monoisotopic (exact) mass is 464 g/mol. The van der Waals surface area contributed by atoms with Crippen LogP contribution in [-0.4, -0.2) is 35.9 Å². The van der Waals surface area contributed by atoms with Gasteiger partial charge in [-0.1, -0.05) is 62.2 Å². The molecule has 31 heavy (non-hydrogen) atoms. The molecule has 0 heterocycles. The number of halogens is 2. The van der Waals surface area contributed by atoms with Crippen LogP contribution in [0.3, 0.4) is 0 Å². The molecule has 0 saturated heterocycles. The molecule has 0 unspecified atom stereocenters. The minimum atomic E-state index is -0.710. The fourth-order valence-corrected chi connectivity index (χ4v) is 3.53. The minimum Gasteiger partial charge on any atom is -0.484 e. The van der Waals surface area contributed by atoms with Gasteiger partial charge in [-0.3, -0.25) is 9.59 Å². The van der Waals surface area contributed by atoms with E-state index < -0.39 is 6.04 Å². The Morgan fingerprint density at radius 3 is 2.19 bits per heavy atom. The normalized spacial score (nSPS) is 11.8. The zero-order valence-electron chi connectivity index (χ0n) is 18.5. The molecule has 2 rings (SSSR count). The van der Waals surface area contributed by atoms with Crippen LogP contribution in [0.2, 0.25) is 10.0 Å². The molecule has 0 radical (unpaired) electrons. The lowest BCUT2D eigenvalue weighted by Crippen LogP contribution is -2.49. The Morgan fingerprint density at radius 1 is 1.03 bits per heavy atom. The summed E-state index contributed by atoms with van der Waals surface area (Å²) < 4.78 is 5.70. The van der Waals surface area contributed by atoms with E-state index in [0.29, 0.717) is 33.8 Å². The fraction of sp³-hybridized carbons (Fsp3) is 0.417. The Bertz CT molecular complexity index is 865. The number of nitrogens with zero attached hydrogens (tertiary/aromatic N) is 1. The number of rotatable bonds is 10. The Labute approximate surface area is 194 Å². The van der Waals surface area contributed by atoms with E-state index in [0.717, 1.165) is 6.42 Å². The number of carbonyl (C=O) groups is 2. The van der Waals surface area contributed by atoms with Crippen molar-refractivity contribution < 1.29 is 14.3 Å². The van der Waals surface area contributed by atoms with Crippen LogP contribution in [0.4, 0.5) is 0 Å². The molecule has 168 valence electrons. The maximum Gasteiger partial charge on any atom is 0.261 e. The fourth-order valence-electron chi connectivity index (χ4n) is 3.01. The first-order valence-corrected chi connectivity index (χ1v) is 11.2. The van der Waals surface area contributed by atoms with Gasteiger partial charge in [-0.15, -0.1) is 0 Å². The predicted octanol–water partition coefficient (Wildman–Crippen LogP) is 5.44. The summed E-state index contributed by atoms with van der Waals surface area (Å²) in [5, 5.41) is 3.72. The maximum atomic E-state index is 13.1. The molecule has 1 N–H and O–H groups in total. The first kappa shape index (κ1) is 25.0. The lowest BCUT2D eigenvalue weighted by Gasteiger charge is -2.29. The van der Waals surface area contributed by atoms with Crippen LogP contribution in [0, 0.1) is 0 Å². The molecule has 2 aromatic rings. The van der Waals surface area contributed by atoms with Crippen molar-refractivity contribution in [1.29, 1.82) is 0 Å². The van der Waals surface area contributed by atoms with Gasteiger partial charge in [0.05, 0.1) is 0 Å². The van der Waals surface area contributed by atoms with Crippen molar-refractivity contribution in [3.63, 3.8) is 0 Å². The Balaban J connectivity index is 2.17. The van der Waals surface area contributed by atoms with E-state index in [1.807, 2.05) is 31.2 Å². The van der Waals surface area contributed by atoms with Gasteiger partial charge in [0.25, 0.3) is 5.91 Å². The van der Waals surface area contributed by atoms with Crippen LogP contribution in [0.15, 0.2) is 42.5 Å². The van der Waals surface area contributed by atoms with Gasteiger partial charge in [-0.25, -0.2) is 0 Å². The summed E-state index contributed by atoms with van der Waals surface area (Å²) in [6, 6.07) is 12.1. The van der Waals surface area contributed by atoms with E-state index in [-0.39, 0.29) is 25.0 Å². The number of hydrogen-bond donors (Lipinski definition) is 1. The number of nitrogens with one attached hydrogen (secondary N) is 1. The molecule has 0 bridgehead atoms. The highest BCUT2D eigenvalue weighted by molar-refractivity contribution is 6.36. The number of hydrogen-bond acceptors (Lipinski definition) is 3. The van der Waals surface area contributed by atoms with E-state index in [4.69, 9.17) is 27.9 Å². The minimum absolute atomic E-state index is 0.105. The molecular formula is C24H30Cl2N2O3. The van der Waals surface area contributed by atoms with E-state index >= 15 is 0 Å². The van der Waals surface area contributed by atoms with Gasteiger partial charge in [0.2, 0.25) is 5.91 Å². The molecule has 0 aliphatic carbocycles. The zero-order valence-corrected chi connectivity index (χ0v) is 20.0. The molecule has 7 heteroatoms. The van der Waals surface area contributed by atoms with E-state index in [9.17, 15) is 9.59 Å². The summed E-state index contributed by atoms with van der Waals surface area (Å²) in [5.74, 6) is 0.438. The predicted molar refractivity (Wildman–Crippen MR) is 126 cm³/mol. The van der Waals surface area contributed by atoms with Crippen LogP contribution < -0.4 is 10.1 Å². The molecule has 1 atom stereocenters. The van der Waals surface area contributed by atoms with E-state index in [1.165, 1.54) is 10.5 Å². The van der Waals surface area contributed by atoms with Crippen LogP contribution in [0.25, 0.3) is 0 Å². The zero-order chi connectivity index (χ0) is 23.0. The number of carbonyl (C=O) groups excluding carboxylic acids is 2. The van der Waals surface area contributed by atoms with Gasteiger partial charge in [-0.05, 0) is 49.1 Å². The Morgan fingerprint density at radius 2 is 1.65 bits per heavy atom. The smallest absolute Gasteiger partial charge is 0.261 e. The molecule has 0 saturated carbocycles. The average molecular weight is 465 g/mol. The SMILES string of the molecule is CCCNC(=O)[C@H](C)N(Cc1c(Cl)cccc1Cl)C(=O)COc1ccc(C(C)C)cc1. The van der Waals surface area contributed by atoms with Gasteiger partial charge in [0.15, 0.2) is 6.61 Å². The maximum absolute atomic E-state index is 13.1. The van der Waals surface area contributed by atoms with Gasteiger partial charge in [0, 0.05) is 28.7 Å². The van der Waals surface area contributed by atoms with Crippen LogP contribution in [0.5, 0.6) is 5.75 Å². The number of amides is 2. The number of benzene rings is 2. The highest BCUT2D eigenvalue weighted by Crippen LogP contribution is 2.27. The quantitative estimate of drug-likeness (QED) is 0.509. The van der Waals surface area contributed by atoms with Crippen molar-refractivity contribution in [3.8, 4) is 5.75 Å². The molecule has 2 aromatic carbocycles. The van der Waals surface area contributed by atoms with Crippen molar-refractivity contribution >= 4 is 35.0 Å². The third-order valence-corrected chi connectivity index (χ3v) is 5.72. The van der Waals surface area contributed by atoms with E-state index in [1.54, 1.807) is 25.1 Å². The van der Waals surface area contributed by atoms with Gasteiger partial charge in [-0.2, -0.15) is 0 Å². The molecule has 2 amide bonds. The molecule has 0 aromatic heterocycles. The van der Waals surface area contributed by atoms with Gasteiger partial charge >= 0.3 is 0 Å². The summed E-state index contributed by atoms with van der Waals surface area (Å²) in [6.45, 7) is 8.32. The van der Waals surface area contributed by atoms with E-state index in [2.05, 4.69) is 19.2 Å². The van der Waals surface area contributed by atoms with Crippen molar-refractivity contribution in [1.82, 2.24) is 10.2 Å². The summed E-state index contributed by atoms with van der Waals surface area (Å²) in [4.78, 5) is 27.1. The summed E-state index contributed by atoms with van der Waals surface area (Å²) in [7, 11) is 0. The summed E-state index contributed by atoms with van der Waals surface area (Å²) in [5.41, 5.74) is 1.78. The average Bonchev–Trinajstić information content (AvgIpc) is 2.75. The lowest BCUT2D eigenvalue weighted by atomic mass is 10.0. The molecule has 0 spiro atoms. The summed E-state index contributed by atoms with van der Waals surface area (Å²) >= 11 is 12.6. The van der Waals surface area contributed by atoms with Crippen LogP contribution >= 0.6 is 23.2 Å². The van der Waals surface area contributed by atoms with Gasteiger partial charge < -0.3 is 15.0 Å². The van der Waals surface area contributed by atoms with Gasteiger partial charge in [0.1, 0.15) is 11.8 Å². The van der Waals surface area contributed by atoms with Crippen molar-refractivity contribution in [2.45, 2.75) is 52.6 Å².